The Morgan fingerprint density at radius 1 is 1.50 bits per heavy atom. The summed E-state index contributed by atoms with van der Waals surface area (Å²) in [6, 6.07) is 3.91. The second kappa shape index (κ2) is 5.55. The Bertz CT molecular complexity index is 559. The summed E-state index contributed by atoms with van der Waals surface area (Å²) in [7, 11) is -4.00. The van der Waals surface area contributed by atoms with E-state index in [4.69, 9.17) is 27.2 Å². The van der Waals surface area contributed by atoms with Crippen molar-refractivity contribution in [3.05, 3.63) is 23.2 Å². The Balaban J connectivity index is 3.21. The maximum atomic E-state index is 11.4. The fraction of sp³-hybridized carbons (Fsp3) is 0.300. The SMILES string of the molecule is CCC(Oc1ccc(Cl)cc1S(N)(=O)=O)C(N)=O. The molecule has 1 aromatic carbocycles. The highest BCUT2D eigenvalue weighted by Crippen LogP contribution is 2.27. The van der Waals surface area contributed by atoms with Crippen LogP contribution >= 0.6 is 11.6 Å². The number of primary sulfonamides is 1. The van der Waals surface area contributed by atoms with Crippen molar-refractivity contribution in [1.29, 1.82) is 0 Å². The third-order valence-corrected chi connectivity index (χ3v) is 3.34. The lowest BCUT2D eigenvalue weighted by Crippen LogP contribution is -2.33. The molecule has 1 amide bonds. The molecule has 0 bridgehead atoms. The van der Waals surface area contributed by atoms with Gasteiger partial charge < -0.3 is 10.5 Å². The van der Waals surface area contributed by atoms with Gasteiger partial charge in [-0.05, 0) is 24.6 Å². The highest BCUT2D eigenvalue weighted by molar-refractivity contribution is 7.89. The van der Waals surface area contributed by atoms with Crippen molar-refractivity contribution >= 4 is 27.5 Å². The molecule has 0 saturated carbocycles. The number of halogens is 1. The van der Waals surface area contributed by atoms with E-state index in [0.29, 0.717) is 6.42 Å². The lowest BCUT2D eigenvalue weighted by molar-refractivity contribution is -0.124. The maximum Gasteiger partial charge on any atom is 0.258 e. The molecule has 0 saturated heterocycles. The highest BCUT2D eigenvalue weighted by Gasteiger charge is 2.21. The molecule has 1 aromatic rings. The molecule has 1 atom stereocenters. The van der Waals surface area contributed by atoms with Crippen molar-refractivity contribution in [2.24, 2.45) is 10.9 Å². The van der Waals surface area contributed by atoms with Crippen molar-refractivity contribution in [2.75, 3.05) is 0 Å². The van der Waals surface area contributed by atoms with Gasteiger partial charge in [0.05, 0.1) is 0 Å². The van der Waals surface area contributed by atoms with Gasteiger partial charge in [-0.1, -0.05) is 18.5 Å². The van der Waals surface area contributed by atoms with E-state index in [1.807, 2.05) is 0 Å². The van der Waals surface area contributed by atoms with Gasteiger partial charge in [-0.3, -0.25) is 4.79 Å². The zero-order valence-electron chi connectivity index (χ0n) is 9.59. The zero-order chi connectivity index (χ0) is 13.9. The largest absolute Gasteiger partial charge is 0.479 e. The van der Waals surface area contributed by atoms with E-state index in [0.717, 1.165) is 6.07 Å². The van der Waals surface area contributed by atoms with Crippen molar-refractivity contribution in [3.8, 4) is 5.75 Å². The molecule has 0 heterocycles. The number of amides is 1. The van der Waals surface area contributed by atoms with Crippen LogP contribution in [0, 0.1) is 0 Å². The summed E-state index contributed by atoms with van der Waals surface area (Å²) in [6.45, 7) is 1.68. The van der Waals surface area contributed by atoms with E-state index < -0.39 is 22.0 Å². The molecule has 1 rings (SSSR count). The molecule has 0 aliphatic heterocycles. The zero-order valence-corrected chi connectivity index (χ0v) is 11.2. The quantitative estimate of drug-likeness (QED) is 0.828. The Morgan fingerprint density at radius 2 is 2.11 bits per heavy atom. The number of benzene rings is 1. The average molecular weight is 293 g/mol. The van der Waals surface area contributed by atoms with Gasteiger partial charge in [0.1, 0.15) is 10.6 Å². The molecule has 1 unspecified atom stereocenters. The van der Waals surface area contributed by atoms with Gasteiger partial charge in [0.25, 0.3) is 5.91 Å². The Hall–Kier alpha value is -1.31. The number of carbonyl (C=O) groups excluding carboxylic acids is 1. The number of nitrogens with two attached hydrogens (primary N) is 2. The Kier molecular flexibility index (Phi) is 4.55. The van der Waals surface area contributed by atoms with Crippen molar-refractivity contribution in [2.45, 2.75) is 24.3 Å². The normalized spacial score (nSPS) is 13.1. The summed E-state index contributed by atoms with van der Waals surface area (Å²) < 4.78 is 28.0. The number of rotatable bonds is 5. The molecule has 18 heavy (non-hydrogen) atoms. The van der Waals surface area contributed by atoms with E-state index >= 15 is 0 Å². The minimum Gasteiger partial charge on any atom is -0.479 e. The first-order valence-electron chi connectivity index (χ1n) is 5.04. The predicted octanol–water partition coefficient (Wildman–Crippen LogP) is 0.630. The number of carbonyl (C=O) groups is 1. The summed E-state index contributed by atoms with van der Waals surface area (Å²) in [6.07, 6.45) is -0.617. The number of hydrogen-bond donors (Lipinski definition) is 2. The number of ether oxygens (including phenoxy) is 1. The van der Waals surface area contributed by atoms with Crippen LogP contribution in [-0.4, -0.2) is 20.4 Å². The van der Waals surface area contributed by atoms with Crippen molar-refractivity contribution in [1.82, 2.24) is 0 Å². The molecule has 0 aliphatic rings. The maximum absolute atomic E-state index is 11.4. The number of hydrogen-bond acceptors (Lipinski definition) is 4. The minimum atomic E-state index is -4.00. The lowest BCUT2D eigenvalue weighted by atomic mass is 10.2. The van der Waals surface area contributed by atoms with Crippen LogP contribution in [0.2, 0.25) is 5.02 Å². The molecule has 0 radical (unpaired) electrons. The summed E-state index contributed by atoms with van der Waals surface area (Å²) in [5.41, 5.74) is 5.11. The molecule has 0 aromatic heterocycles. The fourth-order valence-electron chi connectivity index (χ4n) is 1.30. The van der Waals surface area contributed by atoms with E-state index in [-0.39, 0.29) is 15.7 Å². The van der Waals surface area contributed by atoms with E-state index in [1.54, 1.807) is 6.92 Å². The van der Waals surface area contributed by atoms with Crippen LogP contribution in [0.15, 0.2) is 23.1 Å². The monoisotopic (exact) mass is 292 g/mol. The van der Waals surface area contributed by atoms with E-state index in [9.17, 15) is 13.2 Å². The number of sulfonamides is 1. The first kappa shape index (κ1) is 14.7. The molecular formula is C10H13ClN2O4S. The van der Waals surface area contributed by atoms with Crippen LogP contribution < -0.4 is 15.6 Å². The van der Waals surface area contributed by atoms with Gasteiger partial charge in [-0.15, -0.1) is 0 Å². The molecular weight excluding hydrogens is 280 g/mol. The van der Waals surface area contributed by atoms with Gasteiger partial charge >= 0.3 is 0 Å². The minimum absolute atomic E-state index is 0.0486. The van der Waals surface area contributed by atoms with Gasteiger partial charge in [0, 0.05) is 5.02 Å². The molecule has 0 fully saturated rings. The summed E-state index contributed by atoms with van der Waals surface area (Å²) in [5, 5.41) is 5.23. The summed E-state index contributed by atoms with van der Waals surface area (Å²) in [5.74, 6) is -0.736. The standard InChI is InChI=1S/C10H13ClN2O4S/c1-2-7(10(12)14)17-8-4-3-6(11)5-9(8)18(13,15)16/h3-5,7H,2H2,1H3,(H2,12,14)(H2,13,15,16). The van der Waals surface area contributed by atoms with E-state index in [1.165, 1.54) is 12.1 Å². The molecule has 4 N–H and O–H groups in total. The second-order valence-electron chi connectivity index (χ2n) is 3.55. The van der Waals surface area contributed by atoms with Crippen molar-refractivity contribution < 1.29 is 17.9 Å². The van der Waals surface area contributed by atoms with Crippen LogP contribution in [0.5, 0.6) is 5.75 Å². The smallest absolute Gasteiger partial charge is 0.258 e. The molecule has 100 valence electrons. The van der Waals surface area contributed by atoms with Crippen molar-refractivity contribution in [3.63, 3.8) is 0 Å². The second-order valence-corrected chi connectivity index (χ2v) is 5.52. The third-order valence-electron chi connectivity index (χ3n) is 2.17. The van der Waals surface area contributed by atoms with Crippen LogP contribution in [0.4, 0.5) is 0 Å². The first-order valence-corrected chi connectivity index (χ1v) is 6.96. The lowest BCUT2D eigenvalue weighted by Gasteiger charge is -2.16. The molecule has 6 nitrogen and oxygen atoms in total. The number of primary amides is 1. The predicted molar refractivity (Wildman–Crippen MR) is 66.7 cm³/mol. The first-order chi connectivity index (χ1) is 8.25. The van der Waals surface area contributed by atoms with Crippen LogP contribution in [0.25, 0.3) is 0 Å². The highest BCUT2D eigenvalue weighted by atomic mass is 35.5. The van der Waals surface area contributed by atoms with Gasteiger partial charge in [0.2, 0.25) is 10.0 Å². The fourth-order valence-corrected chi connectivity index (χ4v) is 2.22. The van der Waals surface area contributed by atoms with E-state index in [2.05, 4.69) is 0 Å². The summed E-state index contributed by atoms with van der Waals surface area (Å²) in [4.78, 5) is 10.8. The molecule has 0 spiro atoms. The Morgan fingerprint density at radius 3 is 2.56 bits per heavy atom. The molecule has 0 aliphatic carbocycles. The van der Waals surface area contributed by atoms with Gasteiger partial charge in [-0.25, -0.2) is 13.6 Å². The average Bonchev–Trinajstić information content (AvgIpc) is 2.25. The van der Waals surface area contributed by atoms with Crippen LogP contribution in [0.3, 0.4) is 0 Å². The van der Waals surface area contributed by atoms with Crippen LogP contribution in [0.1, 0.15) is 13.3 Å². The van der Waals surface area contributed by atoms with Gasteiger partial charge in [-0.2, -0.15) is 0 Å². The van der Waals surface area contributed by atoms with Crippen LogP contribution in [-0.2, 0) is 14.8 Å². The topological polar surface area (TPSA) is 112 Å². The molecule has 8 heteroatoms. The van der Waals surface area contributed by atoms with Gasteiger partial charge in [0.15, 0.2) is 6.10 Å². The summed E-state index contributed by atoms with van der Waals surface area (Å²) >= 11 is 5.69. The Labute approximate surface area is 110 Å². The third kappa shape index (κ3) is 3.59.